The van der Waals surface area contributed by atoms with Crippen LogP contribution in [0.5, 0.6) is 0 Å². The van der Waals surface area contributed by atoms with E-state index in [9.17, 15) is 10.1 Å². The Balaban J connectivity index is 2.63. The zero-order valence-corrected chi connectivity index (χ0v) is 9.09. The first-order chi connectivity index (χ1) is 7.67. The van der Waals surface area contributed by atoms with Gasteiger partial charge in [0, 0.05) is 12.6 Å². The molecular weight excluding hydrogens is 210 g/mol. The molecule has 88 valence electrons. The third-order valence-electron chi connectivity index (χ3n) is 2.10. The van der Waals surface area contributed by atoms with Crippen LogP contribution in [0.4, 0.5) is 11.6 Å². The molecule has 1 heterocycles. The van der Waals surface area contributed by atoms with Gasteiger partial charge in [0.05, 0.1) is 4.92 Å². The molecule has 1 aromatic heterocycles. The van der Waals surface area contributed by atoms with Gasteiger partial charge in [-0.1, -0.05) is 13.3 Å². The van der Waals surface area contributed by atoms with E-state index < -0.39 is 4.92 Å². The highest BCUT2D eigenvalue weighted by molar-refractivity contribution is 5.31. The number of hydrogen-bond donors (Lipinski definition) is 2. The molecule has 0 aromatic carbocycles. The van der Waals surface area contributed by atoms with Crippen molar-refractivity contribution in [1.29, 1.82) is 0 Å². The second kappa shape index (κ2) is 5.96. The van der Waals surface area contributed by atoms with Crippen LogP contribution in [0.2, 0.25) is 0 Å². The van der Waals surface area contributed by atoms with Gasteiger partial charge in [-0.15, -0.1) is 0 Å². The van der Waals surface area contributed by atoms with Gasteiger partial charge >= 0.3 is 5.69 Å². The van der Waals surface area contributed by atoms with Crippen LogP contribution >= 0.6 is 0 Å². The van der Waals surface area contributed by atoms with Gasteiger partial charge in [-0.25, -0.2) is 9.97 Å². The highest BCUT2D eigenvalue weighted by Crippen LogP contribution is 2.09. The summed E-state index contributed by atoms with van der Waals surface area (Å²) in [6.45, 7) is 2.54. The SMILES string of the molecule is CCCC(CN)Nc1ncc([N+](=O)[O-])cn1. The average Bonchev–Trinajstić information content (AvgIpc) is 2.29. The Morgan fingerprint density at radius 3 is 2.62 bits per heavy atom. The quantitative estimate of drug-likeness (QED) is 0.550. The molecule has 7 nitrogen and oxygen atoms in total. The summed E-state index contributed by atoms with van der Waals surface area (Å²) in [5.74, 6) is 0.370. The first kappa shape index (κ1) is 12.3. The first-order valence-corrected chi connectivity index (χ1v) is 5.10. The topological polar surface area (TPSA) is 107 Å². The van der Waals surface area contributed by atoms with E-state index in [2.05, 4.69) is 22.2 Å². The van der Waals surface area contributed by atoms with Gasteiger partial charge in [-0.2, -0.15) is 0 Å². The van der Waals surface area contributed by atoms with Crippen molar-refractivity contribution in [3.8, 4) is 0 Å². The van der Waals surface area contributed by atoms with Crippen molar-refractivity contribution in [2.45, 2.75) is 25.8 Å². The first-order valence-electron chi connectivity index (χ1n) is 5.10. The number of nitrogens with one attached hydrogen (secondary N) is 1. The molecule has 0 aliphatic rings. The Kier molecular flexibility index (Phi) is 4.59. The van der Waals surface area contributed by atoms with Crippen molar-refractivity contribution in [1.82, 2.24) is 9.97 Å². The average molecular weight is 225 g/mol. The van der Waals surface area contributed by atoms with Crippen LogP contribution in [0.1, 0.15) is 19.8 Å². The summed E-state index contributed by atoms with van der Waals surface area (Å²) in [7, 11) is 0. The molecule has 1 atom stereocenters. The van der Waals surface area contributed by atoms with Crippen LogP contribution in [0, 0.1) is 10.1 Å². The van der Waals surface area contributed by atoms with E-state index in [4.69, 9.17) is 5.73 Å². The number of anilines is 1. The fourth-order valence-corrected chi connectivity index (χ4v) is 1.27. The Morgan fingerprint density at radius 1 is 1.56 bits per heavy atom. The minimum atomic E-state index is -0.532. The summed E-state index contributed by atoms with van der Waals surface area (Å²) in [5.41, 5.74) is 5.44. The van der Waals surface area contributed by atoms with Crippen LogP contribution < -0.4 is 11.1 Å². The molecule has 0 radical (unpaired) electrons. The smallest absolute Gasteiger partial charge is 0.305 e. The van der Waals surface area contributed by atoms with Crippen molar-refractivity contribution < 1.29 is 4.92 Å². The lowest BCUT2D eigenvalue weighted by Gasteiger charge is -2.14. The molecule has 1 unspecified atom stereocenters. The van der Waals surface area contributed by atoms with E-state index in [0.717, 1.165) is 12.8 Å². The molecule has 0 fully saturated rings. The van der Waals surface area contributed by atoms with Crippen LogP contribution in [-0.2, 0) is 0 Å². The molecule has 0 bridgehead atoms. The second-order valence-corrected chi connectivity index (χ2v) is 3.39. The standard InChI is InChI=1S/C9H15N5O2/c1-2-3-7(4-10)13-9-11-5-8(6-12-9)14(15)16/h5-7H,2-4,10H2,1H3,(H,11,12,13). The number of hydrogen-bond acceptors (Lipinski definition) is 6. The Hall–Kier alpha value is -1.76. The van der Waals surface area contributed by atoms with Gasteiger partial charge in [0.1, 0.15) is 12.4 Å². The summed E-state index contributed by atoms with van der Waals surface area (Å²) < 4.78 is 0. The molecule has 0 aliphatic heterocycles. The highest BCUT2D eigenvalue weighted by atomic mass is 16.6. The van der Waals surface area contributed by atoms with E-state index in [-0.39, 0.29) is 11.7 Å². The van der Waals surface area contributed by atoms with E-state index in [1.807, 2.05) is 0 Å². The molecule has 0 amide bonds. The van der Waals surface area contributed by atoms with Crippen LogP contribution in [-0.4, -0.2) is 27.5 Å². The van der Waals surface area contributed by atoms with Gasteiger partial charge in [0.2, 0.25) is 5.95 Å². The van der Waals surface area contributed by atoms with Crippen molar-refractivity contribution in [2.75, 3.05) is 11.9 Å². The summed E-state index contributed by atoms with van der Waals surface area (Å²) in [4.78, 5) is 17.5. The fourth-order valence-electron chi connectivity index (χ4n) is 1.27. The Morgan fingerprint density at radius 2 is 2.19 bits per heavy atom. The minimum absolute atomic E-state index is 0.103. The van der Waals surface area contributed by atoms with E-state index in [1.165, 1.54) is 12.4 Å². The third-order valence-corrected chi connectivity index (χ3v) is 2.10. The van der Waals surface area contributed by atoms with E-state index in [0.29, 0.717) is 12.5 Å². The monoisotopic (exact) mass is 225 g/mol. The highest BCUT2D eigenvalue weighted by Gasteiger charge is 2.09. The zero-order chi connectivity index (χ0) is 12.0. The summed E-state index contributed by atoms with van der Waals surface area (Å²) in [6.07, 6.45) is 4.27. The molecule has 3 N–H and O–H groups in total. The lowest BCUT2D eigenvalue weighted by Crippen LogP contribution is -2.29. The predicted molar refractivity (Wildman–Crippen MR) is 60.1 cm³/mol. The molecule has 0 aliphatic carbocycles. The molecule has 7 heteroatoms. The molecule has 1 rings (SSSR count). The van der Waals surface area contributed by atoms with Crippen molar-refractivity contribution in [2.24, 2.45) is 5.73 Å². The molecule has 1 aromatic rings. The molecule has 0 saturated carbocycles. The van der Waals surface area contributed by atoms with Crippen LogP contribution in [0.15, 0.2) is 12.4 Å². The van der Waals surface area contributed by atoms with Gasteiger partial charge in [-0.3, -0.25) is 10.1 Å². The Labute approximate surface area is 93.2 Å². The number of aromatic nitrogens is 2. The van der Waals surface area contributed by atoms with Gasteiger partial charge in [0.25, 0.3) is 0 Å². The molecule has 0 saturated heterocycles. The van der Waals surface area contributed by atoms with Gasteiger partial charge in [0.15, 0.2) is 0 Å². The number of nitrogens with two attached hydrogens (primary N) is 1. The number of rotatable bonds is 6. The van der Waals surface area contributed by atoms with Crippen LogP contribution in [0.25, 0.3) is 0 Å². The lowest BCUT2D eigenvalue weighted by atomic mass is 10.2. The fraction of sp³-hybridized carbons (Fsp3) is 0.556. The third kappa shape index (κ3) is 3.43. The van der Waals surface area contributed by atoms with E-state index >= 15 is 0 Å². The Bertz CT molecular complexity index is 340. The lowest BCUT2D eigenvalue weighted by molar-refractivity contribution is -0.385. The van der Waals surface area contributed by atoms with E-state index in [1.54, 1.807) is 0 Å². The molecular formula is C9H15N5O2. The normalized spacial score (nSPS) is 12.1. The van der Waals surface area contributed by atoms with Crippen molar-refractivity contribution in [3.05, 3.63) is 22.5 Å². The maximum absolute atomic E-state index is 10.4. The van der Waals surface area contributed by atoms with Crippen molar-refractivity contribution in [3.63, 3.8) is 0 Å². The van der Waals surface area contributed by atoms with Crippen LogP contribution in [0.3, 0.4) is 0 Å². The maximum Gasteiger partial charge on any atom is 0.305 e. The largest absolute Gasteiger partial charge is 0.350 e. The molecule has 0 spiro atoms. The number of nitrogens with zero attached hydrogens (tertiary/aromatic N) is 3. The van der Waals surface area contributed by atoms with Crippen molar-refractivity contribution >= 4 is 11.6 Å². The van der Waals surface area contributed by atoms with Gasteiger partial charge in [-0.05, 0) is 6.42 Å². The predicted octanol–water partition coefficient (Wildman–Crippen LogP) is 0.924. The summed E-state index contributed by atoms with van der Waals surface area (Å²) >= 11 is 0. The minimum Gasteiger partial charge on any atom is -0.350 e. The maximum atomic E-state index is 10.4. The second-order valence-electron chi connectivity index (χ2n) is 3.39. The summed E-state index contributed by atoms with van der Waals surface area (Å²) in [5, 5.41) is 13.4. The zero-order valence-electron chi connectivity index (χ0n) is 9.09. The molecule has 16 heavy (non-hydrogen) atoms. The summed E-state index contributed by atoms with van der Waals surface area (Å²) in [6, 6.07) is 0.103. The number of nitro groups is 1. The van der Waals surface area contributed by atoms with Gasteiger partial charge < -0.3 is 11.1 Å².